The molecule has 2 N–H and O–H groups in total. The monoisotopic (exact) mass is 414 g/mol. The normalized spacial score (nSPS) is 15.0. The highest BCUT2D eigenvalue weighted by atomic mass is 16.4. The molecule has 1 aliphatic heterocycles. The number of carbonyl (C=O) groups is 1. The van der Waals surface area contributed by atoms with Crippen LogP contribution in [-0.2, 0) is 27.1 Å². The minimum Gasteiger partial charge on any atom is -0.455 e. The zero-order chi connectivity index (χ0) is 21.3. The fraction of sp³-hybridized carbons (Fsp3) is 0.500. The number of nitrogens with one attached hydrogen (secondary N) is 2. The minimum atomic E-state index is -0.433. The Bertz CT molecular complexity index is 1180. The zero-order valence-electron chi connectivity index (χ0n) is 17.2. The summed E-state index contributed by atoms with van der Waals surface area (Å²) in [5, 5.41) is 2.80. The number of likely N-dealkylation sites (tertiary alicyclic amines) is 1. The number of amides is 1. The molecule has 0 atom stereocenters. The lowest BCUT2D eigenvalue weighted by Gasteiger charge is -2.25. The second-order valence-electron chi connectivity index (χ2n) is 7.70. The number of furan rings is 1. The Morgan fingerprint density at radius 3 is 2.70 bits per heavy atom. The Balaban J connectivity index is 1.36. The van der Waals surface area contributed by atoms with Gasteiger partial charge in [-0.2, -0.15) is 0 Å². The Labute approximate surface area is 172 Å². The molecule has 4 rings (SSSR count). The van der Waals surface area contributed by atoms with Crippen LogP contribution in [0.2, 0.25) is 0 Å². The first-order valence-corrected chi connectivity index (χ1v) is 10.2. The molecule has 3 aromatic heterocycles. The van der Waals surface area contributed by atoms with Gasteiger partial charge in [0.1, 0.15) is 17.1 Å². The van der Waals surface area contributed by atoms with Crippen molar-refractivity contribution in [3.8, 4) is 0 Å². The average Bonchev–Trinajstić information content (AvgIpc) is 3.39. The largest absolute Gasteiger partial charge is 0.455 e. The van der Waals surface area contributed by atoms with Gasteiger partial charge in [0.05, 0.1) is 6.54 Å². The van der Waals surface area contributed by atoms with Crippen LogP contribution in [0.1, 0.15) is 41.4 Å². The second kappa shape index (κ2) is 8.31. The van der Waals surface area contributed by atoms with Crippen molar-refractivity contribution in [2.45, 2.75) is 32.2 Å². The summed E-state index contributed by atoms with van der Waals surface area (Å²) in [6.07, 6.45) is 4.07. The summed E-state index contributed by atoms with van der Waals surface area (Å²) < 4.78 is 8.05. The molecule has 0 aliphatic carbocycles. The number of aryl methyl sites for hydroxylation is 1. The maximum absolute atomic E-state index is 12.4. The van der Waals surface area contributed by atoms with Gasteiger partial charge in [0.15, 0.2) is 11.4 Å². The maximum Gasteiger partial charge on any atom is 0.332 e. The molecule has 0 radical (unpaired) electrons. The molecule has 10 nitrogen and oxygen atoms in total. The predicted molar refractivity (Wildman–Crippen MR) is 110 cm³/mol. The van der Waals surface area contributed by atoms with Crippen LogP contribution in [0.25, 0.3) is 11.2 Å². The van der Waals surface area contributed by atoms with Crippen molar-refractivity contribution in [1.82, 2.24) is 29.3 Å². The second-order valence-corrected chi connectivity index (χ2v) is 7.70. The van der Waals surface area contributed by atoms with E-state index in [9.17, 15) is 14.4 Å². The number of imidazole rings is 1. The van der Waals surface area contributed by atoms with E-state index in [-0.39, 0.29) is 17.2 Å². The average molecular weight is 414 g/mol. The predicted octanol–water partition coefficient (Wildman–Crippen LogP) is 0.512. The molecule has 160 valence electrons. The number of aromatic amines is 1. The van der Waals surface area contributed by atoms with Crippen LogP contribution in [0.3, 0.4) is 0 Å². The standard InChI is InChI=1S/C20H26N6O4/c1-24-17-16(19(28)25(2)20(24)29)22-15(23-17)8-9-21-18(27)14-7-6-13(30-14)12-26-10-4-3-5-11-26/h6-7H,3-5,8-12H2,1-2H3,(H,21,27)(H,22,23). The van der Waals surface area contributed by atoms with Crippen molar-refractivity contribution in [1.29, 1.82) is 0 Å². The number of aromatic nitrogens is 4. The Kier molecular flexibility index (Phi) is 5.58. The smallest absolute Gasteiger partial charge is 0.332 e. The fourth-order valence-electron chi connectivity index (χ4n) is 3.80. The SMILES string of the molecule is Cn1c(=O)c2[nH]c(CCNC(=O)c3ccc(CN4CCCCC4)o3)nc2n(C)c1=O. The van der Waals surface area contributed by atoms with Crippen molar-refractivity contribution in [3.63, 3.8) is 0 Å². The molecule has 0 aromatic carbocycles. The van der Waals surface area contributed by atoms with Gasteiger partial charge >= 0.3 is 5.69 Å². The highest BCUT2D eigenvalue weighted by molar-refractivity contribution is 5.91. The molecule has 1 amide bonds. The number of fused-ring (bicyclic) bond motifs is 1. The molecular formula is C20H26N6O4. The number of hydrogen-bond acceptors (Lipinski definition) is 6. The van der Waals surface area contributed by atoms with Crippen LogP contribution >= 0.6 is 0 Å². The van der Waals surface area contributed by atoms with Crippen LogP contribution in [-0.4, -0.2) is 49.5 Å². The molecule has 1 saturated heterocycles. The molecule has 0 saturated carbocycles. The molecule has 4 heterocycles. The topological polar surface area (TPSA) is 118 Å². The molecular weight excluding hydrogens is 388 g/mol. The van der Waals surface area contributed by atoms with Crippen molar-refractivity contribution >= 4 is 17.1 Å². The van der Waals surface area contributed by atoms with Gasteiger partial charge in [-0.3, -0.25) is 23.6 Å². The van der Waals surface area contributed by atoms with E-state index in [2.05, 4.69) is 20.2 Å². The zero-order valence-corrected chi connectivity index (χ0v) is 17.2. The van der Waals surface area contributed by atoms with E-state index in [1.807, 2.05) is 6.07 Å². The van der Waals surface area contributed by atoms with Gasteiger partial charge in [-0.25, -0.2) is 9.78 Å². The quantitative estimate of drug-likeness (QED) is 0.607. The van der Waals surface area contributed by atoms with Crippen molar-refractivity contribution < 1.29 is 9.21 Å². The van der Waals surface area contributed by atoms with E-state index in [4.69, 9.17) is 4.42 Å². The van der Waals surface area contributed by atoms with Crippen LogP contribution in [0, 0.1) is 0 Å². The lowest BCUT2D eigenvalue weighted by Crippen LogP contribution is -2.36. The summed E-state index contributed by atoms with van der Waals surface area (Å²) in [5.41, 5.74) is -0.281. The van der Waals surface area contributed by atoms with E-state index in [1.165, 1.54) is 30.9 Å². The molecule has 10 heteroatoms. The van der Waals surface area contributed by atoms with Gasteiger partial charge in [0, 0.05) is 27.1 Å². The molecule has 30 heavy (non-hydrogen) atoms. The number of rotatable bonds is 6. The van der Waals surface area contributed by atoms with E-state index >= 15 is 0 Å². The van der Waals surface area contributed by atoms with Crippen molar-refractivity contribution in [2.75, 3.05) is 19.6 Å². The maximum atomic E-state index is 12.4. The van der Waals surface area contributed by atoms with E-state index < -0.39 is 11.2 Å². The van der Waals surface area contributed by atoms with E-state index in [1.54, 1.807) is 13.1 Å². The van der Waals surface area contributed by atoms with Gasteiger partial charge in [0.25, 0.3) is 11.5 Å². The molecule has 3 aromatic rings. The first-order valence-electron chi connectivity index (χ1n) is 10.2. The van der Waals surface area contributed by atoms with Gasteiger partial charge in [-0.1, -0.05) is 6.42 Å². The highest BCUT2D eigenvalue weighted by Gasteiger charge is 2.16. The molecule has 1 aliphatic rings. The molecule has 1 fully saturated rings. The first kappa shape index (κ1) is 20.1. The third kappa shape index (κ3) is 3.95. The van der Waals surface area contributed by atoms with Gasteiger partial charge in [0.2, 0.25) is 0 Å². The number of piperidine rings is 1. The third-order valence-electron chi connectivity index (χ3n) is 5.50. The molecule has 0 bridgehead atoms. The van der Waals surface area contributed by atoms with Gasteiger partial charge < -0.3 is 14.7 Å². The summed E-state index contributed by atoms with van der Waals surface area (Å²) in [6.45, 7) is 3.16. The number of hydrogen-bond donors (Lipinski definition) is 2. The Morgan fingerprint density at radius 1 is 1.17 bits per heavy atom. The third-order valence-corrected chi connectivity index (χ3v) is 5.50. The highest BCUT2D eigenvalue weighted by Crippen LogP contribution is 2.15. The van der Waals surface area contributed by atoms with Crippen LogP contribution < -0.4 is 16.6 Å². The summed E-state index contributed by atoms with van der Waals surface area (Å²) in [5.74, 6) is 1.30. The lowest BCUT2D eigenvalue weighted by atomic mass is 10.1. The Hall–Kier alpha value is -3.14. The molecule has 0 spiro atoms. The van der Waals surface area contributed by atoms with Crippen LogP contribution in [0.4, 0.5) is 0 Å². The molecule has 0 unspecified atom stereocenters. The lowest BCUT2D eigenvalue weighted by molar-refractivity contribution is 0.0921. The van der Waals surface area contributed by atoms with Gasteiger partial charge in [-0.05, 0) is 38.1 Å². The summed E-state index contributed by atoms with van der Waals surface area (Å²) in [4.78, 5) is 46.2. The van der Waals surface area contributed by atoms with Crippen LogP contribution in [0.15, 0.2) is 26.1 Å². The van der Waals surface area contributed by atoms with Gasteiger partial charge in [-0.15, -0.1) is 0 Å². The summed E-state index contributed by atoms with van der Waals surface area (Å²) >= 11 is 0. The Morgan fingerprint density at radius 2 is 1.93 bits per heavy atom. The van der Waals surface area contributed by atoms with Crippen molar-refractivity contribution in [2.24, 2.45) is 14.1 Å². The first-order chi connectivity index (χ1) is 14.4. The summed E-state index contributed by atoms with van der Waals surface area (Å²) in [6, 6.07) is 3.54. The number of H-pyrrole nitrogens is 1. The van der Waals surface area contributed by atoms with Crippen LogP contribution in [0.5, 0.6) is 0 Å². The van der Waals surface area contributed by atoms with Crippen molar-refractivity contribution in [3.05, 3.63) is 50.3 Å². The van der Waals surface area contributed by atoms with E-state index in [0.717, 1.165) is 30.0 Å². The summed E-state index contributed by atoms with van der Waals surface area (Å²) in [7, 11) is 2.99. The number of carbonyl (C=O) groups excluding carboxylic acids is 1. The van der Waals surface area contributed by atoms with E-state index in [0.29, 0.717) is 24.4 Å². The number of nitrogens with zero attached hydrogens (tertiary/aromatic N) is 4. The fourth-order valence-corrected chi connectivity index (χ4v) is 3.80. The minimum absolute atomic E-state index is 0.273.